The van der Waals surface area contributed by atoms with E-state index >= 15 is 0 Å². The van der Waals surface area contributed by atoms with Gasteiger partial charge in [0, 0.05) is 60.8 Å². The first-order valence-corrected chi connectivity index (χ1v) is 10.7. The first kappa shape index (κ1) is 17.4. The molecule has 26 heavy (non-hydrogen) atoms. The van der Waals surface area contributed by atoms with Crippen molar-refractivity contribution in [2.45, 2.75) is 32.2 Å². The third-order valence-corrected chi connectivity index (χ3v) is 7.39. The zero-order valence-electron chi connectivity index (χ0n) is 14.8. The minimum Gasteiger partial charge on any atom is -0.311 e. The van der Waals surface area contributed by atoms with Crippen molar-refractivity contribution in [3.63, 3.8) is 0 Å². The van der Waals surface area contributed by atoms with Gasteiger partial charge in [0.15, 0.2) is 0 Å². The molecule has 2 aliphatic rings. The number of rotatable bonds is 4. The number of hydrogen-bond acceptors (Lipinski definition) is 4. The summed E-state index contributed by atoms with van der Waals surface area (Å²) in [5.74, 6) is 0.414. The molecule has 0 saturated carbocycles. The molecule has 2 bridgehead atoms. The van der Waals surface area contributed by atoms with E-state index in [4.69, 9.17) is 0 Å². The Morgan fingerprint density at radius 3 is 2.77 bits per heavy atom. The summed E-state index contributed by atoms with van der Waals surface area (Å²) >= 11 is 0. The maximum absolute atomic E-state index is 12.6. The second-order valence-electron chi connectivity index (χ2n) is 7.25. The molecule has 0 N–H and O–H groups in total. The second kappa shape index (κ2) is 6.63. The molecular weight excluding hydrogens is 350 g/mol. The molecule has 0 amide bonds. The third-order valence-electron chi connectivity index (χ3n) is 5.38. The Kier molecular flexibility index (Phi) is 4.44. The summed E-state index contributed by atoms with van der Waals surface area (Å²) in [5.41, 5.74) is 2.89. The SMILES string of the molecule is CCCS(=O)(=O)N1CC2CC(C1)c1c(-c3cccnc3)ccc(=O)n1C2. The van der Waals surface area contributed by atoms with Gasteiger partial charge < -0.3 is 4.57 Å². The molecule has 1 saturated heterocycles. The summed E-state index contributed by atoms with van der Waals surface area (Å²) < 4.78 is 28.7. The molecule has 0 aromatic carbocycles. The molecule has 0 radical (unpaired) electrons. The first-order chi connectivity index (χ1) is 12.5. The van der Waals surface area contributed by atoms with E-state index in [0.717, 1.165) is 23.2 Å². The Balaban J connectivity index is 1.80. The van der Waals surface area contributed by atoms with Crippen LogP contribution in [0.5, 0.6) is 0 Å². The maximum Gasteiger partial charge on any atom is 0.250 e. The lowest BCUT2D eigenvalue weighted by Gasteiger charge is -2.42. The summed E-state index contributed by atoms with van der Waals surface area (Å²) in [4.78, 5) is 16.7. The van der Waals surface area contributed by atoms with Gasteiger partial charge in [0.2, 0.25) is 10.0 Å². The van der Waals surface area contributed by atoms with Gasteiger partial charge in [0.05, 0.1) is 5.75 Å². The predicted octanol–water partition coefficient (Wildman–Crippen LogP) is 2.07. The molecule has 0 aliphatic carbocycles. The summed E-state index contributed by atoms with van der Waals surface area (Å²) in [7, 11) is -3.23. The van der Waals surface area contributed by atoms with Crippen LogP contribution in [-0.2, 0) is 16.6 Å². The van der Waals surface area contributed by atoms with Gasteiger partial charge in [-0.2, -0.15) is 0 Å². The molecule has 2 unspecified atom stereocenters. The predicted molar refractivity (Wildman–Crippen MR) is 100 cm³/mol. The van der Waals surface area contributed by atoms with Gasteiger partial charge in [-0.05, 0) is 30.9 Å². The lowest BCUT2D eigenvalue weighted by Crippen LogP contribution is -2.49. The maximum atomic E-state index is 12.6. The van der Waals surface area contributed by atoms with E-state index in [1.54, 1.807) is 22.8 Å². The van der Waals surface area contributed by atoms with E-state index in [9.17, 15) is 13.2 Å². The van der Waals surface area contributed by atoms with Crippen LogP contribution in [0.15, 0.2) is 41.5 Å². The Morgan fingerprint density at radius 1 is 1.19 bits per heavy atom. The molecule has 2 aromatic heterocycles. The summed E-state index contributed by atoms with van der Waals surface area (Å²) in [5, 5.41) is 0. The standard InChI is InChI=1S/C19H23N3O3S/c1-2-8-26(24,25)21-11-14-9-16(13-21)19-17(15-4-3-7-20-10-15)5-6-18(23)22(19)12-14/h3-7,10,14,16H,2,8-9,11-13H2,1H3. The van der Waals surface area contributed by atoms with Gasteiger partial charge in [0.1, 0.15) is 0 Å². The van der Waals surface area contributed by atoms with Crippen LogP contribution in [0.25, 0.3) is 11.1 Å². The molecule has 7 heteroatoms. The van der Waals surface area contributed by atoms with Crippen LogP contribution in [0, 0.1) is 5.92 Å². The average Bonchev–Trinajstić information content (AvgIpc) is 2.63. The van der Waals surface area contributed by atoms with Crippen LogP contribution in [0.4, 0.5) is 0 Å². The zero-order valence-corrected chi connectivity index (χ0v) is 15.7. The van der Waals surface area contributed by atoms with E-state index in [1.807, 2.05) is 29.7 Å². The largest absolute Gasteiger partial charge is 0.311 e. The Bertz CT molecular complexity index is 969. The normalized spacial score (nSPS) is 22.8. The van der Waals surface area contributed by atoms with Crippen LogP contribution < -0.4 is 5.56 Å². The second-order valence-corrected chi connectivity index (χ2v) is 9.34. The van der Waals surface area contributed by atoms with Gasteiger partial charge >= 0.3 is 0 Å². The zero-order chi connectivity index (χ0) is 18.3. The number of hydrogen-bond donors (Lipinski definition) is 0. The Hall–Kier alpha value is -1.99. The minimum absolute atomic E-state index is 0.00722. The van der Waals surface area contributed by atoms with Crippen LogP contribution in [-0.4, -0.2) is 41.1 Å². The smallest absolute Gasteiger partial charge is 0.250 e. The van der Waals surface area contributed by atoms with E-state index in [-0.39, 0.29) is 23.1 Å². The van der Waals surface area contributed by atoms with Crippen LogP contribution in [0.2, 0.25) is 0 Å². The number of piperidine rings is 1. The fourth-order valence-electron chi connectivity index (χ4n) is 4.35. The van der Waals surface area contributed by atoms with E-state index in [1.165, 1.54) is 0 Å². The highest BCUT2D eigenvalue weighted by molar-refractivity contribution is 7.89. The monoisotopic (exact) mass is 373 g/mol. The highest BCUT2D eigenvalue weighted by atomic mass is 32.2. The van der Waals surface area contributed by atoms with E-state index in [0.29, 0.717) is 26.1 Å². The number of aromatic nitrogens is 2. The fraction of sp³-hybridized carbons (Fsp3) is 0.474. The van der Waals surface area contributed by atoms with Gasteiger partial charge in [-0.1, -0.05) is 13.0 Å². The number of fused-ring (bicyclic) bond motifs is 4. The number of nitrogens with zero attached hydrogens (tertiary/aromatic N) is 3. The van der Waals surface area contributed by atoms with Gasteiger partial charge in [-0.25, -0.2) is 12.7 Å². The molecule has 138 valence electrons. The average molecular weight is 373 g/mol. The van der Waals surface area contributed by atoms with Crippen molar-refractivity contribution in [2.24, 2.45) is 5.92 Å². The summed E-state index contributed by atoms with van der Waals surface area (Å²) in [6.45, 7) is 3.44. The van der Waals surface area contributed by atoms with Crippen molar-refractivity contribution in [1.29, 1.82) is 0 Å². The van der Waals surface area contributed by atoms with Gasteiger partial charge in [-0.15, -0.1) is 0 Å². The number of sulfonamides is 1. The van der Waals surface area contributed by atoms with Gasteiger partial charge in [-0.3, -0.25) is 9.78 Å². The summed E-state index contributed by atoms with van der Waals surface area (Å²) in [6, 6.07) is 7.32. The highest BCUT2D eigenvalue weighted by Gasteiger charge is 2.39. The lowest BCUT2D eigenvalue weighted by molar-refractivity contribution is 0.187. The van der Waals surface area contributed by atoms with Crippen LogP contribution in [0.1, 0.15) is 31.4 Å². The van der Waals surface area contributed by atoms with Crippen molar-refractivity contribution in [1.82, 2.24) is 13.9 Å². The molecule has 4 rings (SSSR count). The van der Waals surface area contributed by atoms with Crippen LogP contribution in [0.3, 0.4) is 0 Å². The molecular formula is C19H23N3O3S. The quantitative estimate of drug-likeness (QED) is 0.822. The van der Waals surface area contributed by atoms with Crippen molar-refractivity contribution in [2.75, 3.05) is 18.8 Å². The van der Waals surface area contributed by atoms with E-state index < -0.39 is 10.0 Å². The van der Waals surface area contributed by atoms with E-state index in [2.05, 4.69) is 4.98 Å². The topological polar surface area (TPSA) is 72.3 Å². The summed E-state index contributed by atoms with van der Waals surface area (Å²) in [6.07, 6.45) is 5.06. The Morgan fingerprint density at radius 2 is 2.04 bits per heavy atom. The molecule has 2 atom stereocenters. The molecule has 0 spiro atoms. The lowest BCUT2D eigenvalue weighted by atomic mass is 9.81. The van der Waals surface area contributed by atoms with Crippen molar-refractivity contribution in [3.05, 3.63) is 52.7 Å². The number of pyridine rings is 2. The molecule has 2 aromatic rings. The van der Waals surface area contributed by atoms with Crippen molar-refractivity contribution < 1.29 is 8.42 Å². The van der Waals surface area contributed by atoms with Gasteiger partial charge in [0.25, 0.3) is 5.56 Å². The van der Waals surface area contributed by atoms with Crippen molar-refractivity contribution >= 4 is 10.0 Å². The van der Waals surface area contributed by atoms with Crippen molar-refractivity contribution in [3.8, 4) is 11.1 Å². The third kappa shape index (κ3) is 2.99. The van der Waals surface area contributed by atoms with Crippen LogP contribution >= 0.6 is 0 Å². The fourth-order valence-corrected chi connectivity index (χ4v) is 5.97. The Labute approximate surface area is 153 Å². The molecule has 1 fully saturated rings. The minimum atomic E-state index is -3.23. The molecule has 4 heterocycles. The molecule has 6 nitrogen and oxygen atoms in total. The first-order valence-electron chi connectivity index (χ1n) is 9.11. The highest BCUT2D eigenvalue weighted by Crippen LogP contribution is 2.40. The molecule has 2 aliphatic heterocycles.